The second-order valence-electron chi connectivity index (χ2n) is 7.14. The monoisotopic (exact) mass is 344 g/mol. The minimum absolute atomic E-state index is 0.120. The largest absolute Gasteiger partial charge is 0.299 e. The first-order valence-electron chi connectivity index (χ1n) is 8.87. The third-order valence-electron chi connectivity index (χ3n) is 5.11. The summed E-state index contributed by atoms with van der Waals surface area (Å²) in [5.41, 5.74) is 1.11. The molecule has 1 aliphatic carbocycles. The molecule has 24 heavy (non-hydrogen) atoms. The average molecular weight is 344 g/mol. The zero-order valence-electron chi connectivity index (χ0n) is 14.1. The first kappa shape index (κ1) is 16.0. The van der Waals surface area contributed by atoms with Gasteiger partial charge in [-0.25, -0.2) is 9.97 Å². The number of nitrogens with zero attached hydrogens (tertiary/aromatic N) is 4. The Kier molecular flexibility index (Phi) is 4.50. The van der Waals surface area contributed by atoms with E-state index in [1.165, 1.54) is 17.7 Å². The van der Waals surface area contributed by atoms with Crippen molar-refractivity contribution < 1.29 is 0 Å². The predicted molar refractivity (Wildman–Crippen MR) is 95.3 cm³/mol. The first-order chi connectivity index (χ1) is 11.7. The van der Waals surface area contributed by atoms with E-state index in [2.05, 4.69) is 21.8 Å². The number of likely N-dealkylation sites (tertiary alicyclic amines) is 1. The minimum Gasteiger partial charge on any atom is -0.299 e. The molecule has 0 spiro atoms. The fourth-order valence-electron chi connectivity index (χ4n) is 3.48. The van der Waals surface area contributed by atoms with Crippen molar-refractivity contribution in [2.75, 3.05) is 13.1 Å². The van der Waals surface area contributed by atoms with E-state index >= 15 is 0 Å². The topological polar surface area (TPSA) is 51.0 Å². The molecule has 6 heteroatoms. The summed E-state index contributed by atoms with van der Waals surface area (Å²) < 4.78 is 1.80. The van der Waals surface area contributed by atoms with Crippen LogP contribution in [0.25, 0.3) is 0 Å². The average Bonchev–Trinajstić information content (AvgIpc) is 3.34. The summed E-state index contributed by atoms with van der Waals surface area (Å²) in [6.07, 6.45) is 8.44. The Balaban J connectivity index is 1.30. The lowest BCUT2D eigenvalue weighted by Crippen LogP contribution is -2.35. The smallest absolute Gasteiger partial charge is 0.253 e. The maximum atomic E-state index is 12.3. The van der Waals surface area contributed by atoms with Gasteiger partial charge >= 0.3 is 0 Å². The van der Waals surface area contributed by atoms with E-state index in [0.29, 0.717) is 11.8 Å². The molecule has 128 valence electrons. The number of rotatable bonds is 5. The molecule has 1 aliphatic heterocycles. The molecule has 2 aliphatic rings. The van der Waals surface area contributed by atoms with Crippen LogP contribution in [0.5, 0.6) is 0 Å². The van der Waals surface area contributed by atoms with Crippen molar-refractivity contribution in [1.82, 2.24) is 19.4 Å². The number of hydrogen-bond acceptors (Lipinski definition) is 5. The van der Waals surface area contributed by atoms with Crippen molar-refractivity contribution in [3.63, 3.8) is 0 Å². The second-order valence-corrected chi connectivity index (χ2v) is 8.46. The Morgan fingerprint density at radius 1 is 1.21 bits per heavy atom. The maximum Gasteiger partial charge on any atom is 0.253 e. The van der Waals surface area contributed by atoms with Gasteiger partial charge in [0.25, 0.3) is 5.56 Å². The van der Waals surface area contributed by atoms with Crippen LogP contribution in [0.3, 0.4) is 0 Å². The number of piperidine rings is 1. The Morgan fingerprint density at radius 3 is 2.62 bits per heavy atom. The van der Waals surface area contributed by atoms with Crippen molar-refractivity contribution >= 4 is 11.3 Å². The molecule has 2 aromatic heterocycles. The van der Waals surface area contributed by atoms with Gasteiger partial charge in [-0.1, -0.05) is 0 Å². The van der Waals surface area contributed by atoms with Gasteiger partial charge in [-0.05, 0) is 51.6 Å². The summed E-state index contributed by atoms with van der Waals surface area (Å²) >= 11 is 1.79. The lowest BCUT2D eigenvalue weighted by Gasteiger charge is -2.31. The van der Waals surface area contributed by atoms with Crippen LogP contribution >= 0.6 is 11.3 Å². The lowest BCUT2D eigenvalue weighted by molar-refractivity contribution is 0.167. The van der Waals surface area contributed by atoms with Crippen molar-refractivity contribution in [3.8, 4) is 0 Å². The quantitative estimate of drug-likeness (QED) is 0.837. The third kappa shape index (κ3) is 3.75. The van der Waals surface area contributed by atoms with E-state index in [4.69, 9.17) is 0 Å². The number of aryl methyl sites for hydroxylation is 1. The van der Waals surface area contributed by atoms with Crippen LogP contribution in [-0.2, 0) is 13.1 Å². The normalized spacial score (nSPS) is 19.7. The zero-order valence-corrected chi connectivity index (χ0v) is 15.0. The molecular formula is C18H24N4OS. The predicted octanol–water partition coefficient (Wildman–Crippen LogP) is 2.80. The fraction of sp³-hybridized carbons (Fsp3) is 0.611. The van der Waals surface area contributed by atoms with Gasteiger partial charge in [0.05, 0.1) is 17.0 Å². The summed E-state index contributed by atoms with van der Waals surface area (Å²) in [6, 6.07) is 1.75. The SMILES string of the molecule is Cc1ncc(CN2CCC(Cn3cnc(C4CC4)cc3=O)CC2)s1. The first-order valence-corrected chi connectivity index (χ1v) is 9.69. The highest BCUT2D eigenvalue weighted by Gasteiger charge is 2.26. The molecule has 0 aromatic carbocycles. The summed E-state index contributed by atoms with van der Waals surface area (Å²) in [5, 5.41) is 1.14. The van der Waals surface area contributed by atoms with Crippen molar-refractivity contribution in [1.29, 1.82) is 0 Å². The molecule has 0 atom stereocenters. The molecule has 0 bridgehead atoms. The van der Waals surface area contributed by atoms with Crippen LogP contribution in [0, 0.1) is 12.8 Å². The summed E-state index contributed by atoms with van der Waals surface area (Å²) in [7, 11) is 0. The summed E-state index contributed by atoms with van der Waals surface area (Å²) in [4.78, 5) is 24.9. The lowest BCUT2D eigenvalue weighted by atomic mass is 9.96. The minimum atomic E-state index is 0.120. The highest BCUT2D eigenvalue weighted by atomic mass is 32.1. The molecule has 2 fully saturated rings. The molecule has 5 nitrogen and oxygen atoms in total. The van der Waals surface area contributed by atoms with Crippen molar-refractivity contribution in [2.24, 2.45) is 5.92 Å². The molecule has 0 radical (unpaired) electrons. The van der Waals surface area contributed by atoms with Gasteiger partial charge in [0.15, 0.2) is 0 Å². The molecule has 0 unspecified atom stereocenters. The summed E-state index contributed by atoms with van der Waals surface area (Å²) in [5.74, 6) is 1.13. The molecule has 1 saturated carbocycles. The van der Waals surface area contributed by atoms with E-state index in [9.17, 15) is 4.79 Å². The molecule has 3 heterocycles. The molecule has 0 amide bonds. The van der Waals surface area contributed by atoms with Crippen LogP contribution < -0.4 is 5.56 Å². The van der Waals surface area contributed by atoms with Gasteiger partial charge in [-0.3, -0.25) is 14.3 Å². The van der Waals surface area contributed by atoms with E-state index in [1.54, 1.807) is 28.3 Å². The Hall–Kier alpha value is -1.53. The maximum absolute atomic E-state index is 12.3. The number of aromatic nitrogens is 3. The Morgan fingerprint density at radius 2 is 2.00 bits per heavy atom. The van der Waals surface area contributed by atoms with Gasteiger partial charge in [-0.2, -0.15) is 0 Å². The van der Waals surface area contributed by atoms with Gasteiger partial charge < -0.3 is 0 Å². The Labute approximate surface area is 146 Å². The molecule has 1 saturated heterocycles. The van der Waals surface area contributed by atoms with Crippen LogP contribution in [0.15, 0.2) is 23.4 Å². The summed E-state index contributed by atoms with van der Waals surface area (Å²) in [6.45, 7) is 6.08. The van der Waals surface area contributed by atoms with Gasteiger partial charge in [0.2, 0.25) is 0 Å². The molecule has 4 rings (SSSR count). The van der Waals surface area contributed by atoms with Crippen molar-refractivity contribution in [2.45, 2.75) is 51.6 Å². The Bertz CT molecular complexity index is 756. The number of thiazole rings is 1. The fourth-order valence-corrected chi connectivity index (χ4v) is 4.32. The van der Waals surface area contributed by atoms with Crippen LogP contribution in [0.1, 0.15) is 47.2 Å². The van der Waals surface area contributed by atoms with Crippen LogP contribution in [0.2, 0.25) is 0 Å². The zero-order chi connectivity index (χ0) is 16.5. The van der Waals surface area contributed by atoms with E-state index in [1.807, 2.05) is 6.20 Å². The number of hydrogen-bond donors (Lipinski definition) is 0. The van der Waals surface area contributed by atoms with Crippen LogP contribution in [0.4, 0.5) is 0 Å². The van der Waals surface area contributed by atoms with Gasteiger partial charge in [0, 0.05) is 36.1 Å². The standard InChI is InChI=1S/C18H24N4OS/c1-13-19-9-16(24-13)11-21-6-4-14(5-7-21)10-22-12-20-17(8-18(22)23)15-2-3-15/h8-9,12,14-15H,2-7,10-11H2,1H3. The molecular weight excluding hydrogens is 320 g/mol. The highest BCUT2D eigenvalue weighted by Crippen LogP contribution is 2.38. The highest BCUT2D eigenvalue weighted by molar-refractivity contribution is 7.11. The van der Waals surface area contributed by atoms with E-state index < -0.39 is 0 Å². The van der Waals surface area contributed by atoms with Crippen molar-refractivity contribution in [3.05, 3.63) is 44.5 Å². The van der Waals surface area contributed by atoms with E-state index in [-0.39, 0.29) is 5.56 Å². The van der Waals surface area contributed by atoms with Gasteiger partial charge in [0.1, 0.15) is 0 Å². The third-order valence-corrected chi connectivity index (χ3v) is 6.00. The molecule has 0 N–H and O–H groups in total. The van der Waals surface area contributed by atoms with E-state index in [0.717, 1.165) is 49.7 Å². The van der Waals surface area contributed by atoms with Gasteiger partial charge in [-0.15, -0.1) is 11.3 Å². The van der Waals surface area contributed by atoms with Crippen LogP contribution in [-0.4, -0.2) is 32.5 Å². The molecule has 2 aromatic rings. The second kappa shape index (κ2) is 6.76.